The van der Waals surface area contributed by atoms with Crippen molar-refractivity contribution in [1.82, 2.24) is 9.88 Å². The van der Waals surface area contributed by atoms with Crippen LogP contribution in [0.2, 0.25) is 0 Å². The number of rotatable bonds is 6. The van der Waals surface area contributed by atoms with Crippen LogP contribution in [0.5, 0.6) is 5.75 Å². The molecule has 34 heavy (non-hydrogen) atoms. The number of anilines is 2. The lowest BCUT2D eigenvalue weighted by Crippen LogP contribution is -2.45. The summed E-state index contributed by atoms with van der Waals surface area (Å²) in [5.41, 5.74) is 2.00. The molecule has 0 aliphatic carbocycles. The fourth-order valence-corrected chi connectivity index (χ4v) is 5.29. The molecular weight excluding hydrogens is 450 g/mol. The third-order valence-electron chi connectivity index (χ3n) is 5.93. The number of fused-ring (bicyclic) bond motifs is 1. The second kappa shape index (κ2) is 9.69. The number of hydrogen-bond donors (Lipinski definition) is 0. The van der Waals surface area contributed by atoms with Gasteiger partial charge in [0.25, 0.3) is 5.91 Å². The number of ether oxygens (including phenoxy) is 1. The van der Waals surface area contributed by atoms with Crippen LogP contribution in [0, 0.1) is 5.92 Å². The van der Waals surface area contributed by atoms with Gasteiger partial charge in [-0.05, 0) is 50.1 Å². The fraction of sp³-hybridized carbons (Fsp3) is 0.269. The topological polar surface area (TPSA) is 75.9 Å². The van der Waals surface area contributed by atoms with Gasteiger partial charge in [-0.3, -0.25) is 14.5 Å². The Labute approximate surface area is 201 Å². The molecule has 174 valence electrons. The zero-order valence-corrected chi connectivity index (χ0v) is 19.7. The highest BCUT2D eigenvalue weighted by atomic mass is 32.1. The number of piperidine rings is 1. The molecule has 2 aromatic heterocycles. The zero-order chi connectivity index (χ0) is 23.5. The minimum atomic E-state index is -0.355. The summed E-state index contributed by atoms with van der Waals surface area (Å²) < 4.78 is 11.9. The van der Waals surface area contributed by atoms with Crippen LogP contribution in [-0.4, -0.2) is 41.4 Å². The maximum Gasteiger partial charge on any atom is 0.257 e. The molecule has 0 radical (unpaired) electrons. The van der Waals surface area contributed by atoms with Crippen LogP contribution in [0.4, 0.5) is 10.8 Å². The standard InChI is InChI=1S/C26H25N3O4S/c1-2-33-22-11-5-4-10-21(22)29(26-27-20-9-3-6-12-23(20)34-26)25(31)18-8-7-14-28(16-18)24(30)19-13-15-32-17-19/h3-6,9-13,15,17-18H,2,7-8,14,16H2,1H3. The third kappa shape index (κ3) is 4.28. The van der Waals surface area contributed by atoms with Gasteiger partial charge in [0.2, 0.25) is 5.91 Å². The van der Waals surface area contributed by atoms with Gasteiger partial charge in [0.15, 0.2) is 5.13 Å². The van der Waals surface area contributed by atoms with Crippen LogP contribution < -0.4 is 9.64 Å². The molecule has 1 aliphatic heterocycles. The van der Waals surface area contributed by atoms with Crippen LogP contribution in [0.1, 0.15) is 30.1 Å². The smallest absolute Gasteiger partial charge is 0.257 e. The van der Waals surface area contributed by atoms with E-state index in [-0.39, 0.29) is 17.7 Å². The Kier molecular flexibility index (Phi) is 6.31. The molecule has 2 amide bonds. The second-order valence-electron chi connectivity index (χ2n) is 8.14. The van der Waals surface area contributed by atoms with E-state index in [1.54, 1.807) is 15.9 Å². The minimum absolute atomic E-state index is 0.0871. The van der Waals surface area contributed by atoms with E-state index in [1.807, 2.05) is 55.5 Å². The summed E-state index contributed by atoms with van der Waals surface area (Å²) in [4.78, 5) is 35.2. The average molecular weight is 476 g/mol. The molecule has 5 rings (SSSR count). The number of aromatic nitrogens is 1. The molecular formula is C26H25N3O4S. The highest BCUT2D eigenvalue weighted by Crippen LogP contribution is 2.39. The van der Waals surface area contributed by atoms with E-state index in [4.69, 9.17) is 14.1 Å². The molecule has 4 aromatic rings. The molecule has 0 bridgehead atoms. The Morgan fingerprint density at radius 1 is 1.18 bits per heavy atom. The molecule has 8 heteroatoms. The predicted octanol–water partition coefficient (Wildman–Crippen LogP) is 5.51. The van der Waals surface area contributed by atoms with Crippen molar-refractivity contribution in [3.8, 4) is 5.75 Å². The summed E-state index contributed by atoms with van der Waals surface area (Å²) in [5, 5.41) is 0.594. The van der Waals surface area contributed by atoms with Crippen molar-refractivity contribution in [2.24, 2.45) is 5.92 Å². The van der Waals surface area contributed by atoms with Gasteiger partial charge >= 0.3 is 0 Å². The van der Waals surface area contributed by atoms with Gasteiger partial charge < -0.3 is 14.1 Å². The Hall–Kier alpha value is -3.65. The monoisotopic (exact) mass is 475 g/mol. The van der Waals surface area contributed by atoms with E-state index in [1.165, 1.54) is 23.9 Å². The van der Waals surface area contributed by atoms with Gasteiger partial charge in [0.1, 0.15) is 12.0 Å². The summed E-state index contributed by atoms with van der Waals surface area (Å²) in [5.74, 6) is 0.0643. The SMILES string of the molecule is CCOc1ccccc1N(C(=O)C1CCCN(C(=O)c2ccoc2)C1)c1nc2ccccc2s1. The lowest BCUT2D eigenvalue weighted by atomic mass is 9.95. The number of hydrogen-bond acceptors (Lipinski definition) is 6. The van der Waals surface area contributed by atoms with Crippen molar-refractivity contribution in [3.63, 3.8) is 0 Å². The normalized spacial score (nSPS) is 15.9. The van der Waals surface area contributed by atoms with Crippen molar-refractivity contribution >= 4 is 44.2 Å². The van der Waals surface area contributed by atoms with Crippen molar-refractivity contribution in [2.75, 3.05) is 24.6 Å². The third-order valence-corrected chi connectivity index (χ3v) is 6.95. The molecule has 1 unspecified atom stereocenters. The highest BCUT2D eigenvalue weighted by molar-refractivity contribution is 7.22. The molecule has 3 heterocycles. The molecule has 1 aliphatic rings. The summed E-state index contributed by atoms with van der Waals surface area (Å²) in [6, 6.07) is 17.0. The number of furan rings is 1. The molecule has 1 atom stereocenters. The molecule has 1 saturated heterocycles. The van der Waals surface area contributed by atoms with E-state index in [0.29, 0.717) is 48.2 Å². The summed E-state index contributed by atoms with van der Waals surface area (Å²) in [7, 11) is 0. The van der Waals surface area contributed by atoms with Gasteiger partial charge in [-0.15, -0.1) is 0 Å². The highest BCUT2D eigenvalue weighted by Gasteiger charge is 2.35. The molecule has 0 saturated carbocycles. The second-order valence-corrected chi connectivity index (χ2v) is 9.15. The lowest BCUT2D eigenvalue weighted by Gasteiger charge is -2.34. The Morgan fingerprint density at radius 2 is 2.00 bits per heavy atom. The average Bonchev–Trinajstić information content (AvgIpc) is 3.55. The maximum absolute atomic E-state index is 14.1. The van der Waals surface area contributed by atoms with E-state index >= 15 is 0 Å². The number of thiazole rings is 1. The number of benzene rings is 2. The first-order valence-electron chi connectivity index (χ1n) is 11.4. The van der Waals surface area contributed by atoms with Gasteiger partial charge in [-0.25, -0.2) is 4.98 Å². The number of nitrogens with zero attached hydrogens (tertiary/aromatic N) is 3. The first-order chi connectivity index (χ1) is 16.7. The van der Waals surface area contributed by atoms with Crippen LogP contribution in [-0.2, 0) is 4.79 Å². The molecule has 2 aromatic carbocycles. The molecule has 7 nitrogen and oxygen atoms in total. The van der Waals surface area contributed by atoms with Gasteiger partial charge in [-0.2, -0.15) is 0 Å². The van der Waals surface area contributed by atoms with Gasteiger partial charge in [-0.1, -0.05) is 35.6 Å². The van der Waals surface area contributed by atoms with Crippen molar-refractivity contribution in [3.05, 3.63) is 72.7 Å². The minimum Gasteiger partial charge on any atom is -0.492 e. The molecule has 0 spiro atoms. The van der Waals surface area contributed by atoms with E-state index in [2.05, 4.69) is 0 Å². The number of likely N-dealkylation sites (tertiary alicyclic amines) is 1. The molecule has 1 fully saturated rings. The quantitative estimate of drug-likeness (QED) is 0.368. The number of para-hydroxylation sites is 3. The first kappa shape index (κ1) is 22.2. The van der Waals surface area contributed by atoms with E-state index in [0.717, 1.165) is 16.6 Å². The summed E-state index contributed by atoms with van der Waals surface area (Å²) in [6.45, 7) is 3.36. The first-order valence-corrected chi connectivity index (χ1v) is 12.2. The van der Waals surface area contributed by atoms with Gasteiger partial charge in [0.05, 0.1) is 40.3 Å². The van der Waals surface area contributed by atoms with Gasteiger partial charge in [0, 0.05) is 13.1 Å². The largest absolute Gasteiger partial charge is 0.492 e. The van der Waals surface area contributed by atoms with Crippen LogP contribution in [0.15, 0.2) is 71.5 Å². The predicted molar refractivity (Wildman–Crippen MR) is 132 cm³/mol. The van der Waals surface area contributed by atoms with Crippen molar-refractivity contribution < 1.29 is 18.7 Å². The van der Waals surface area contributed by atoms with Crippen molar-refractivity contribution in [2.45, 2.75) is 19.8 Å². The molecule has 0 N–H and O–H groups in total. The Morgan fingerprint density at radius 3 is 2.79 bits per heavy atom. The van der Waals surface area contributed by atoms with Crippen molar-refractivity contribution in [1.29, 1.82) is 0 Å². The van der Waals surface area contributed by atoms with Crippen LogP contribution in [0.3, 0.4) is 0 Å². The Balaban J connectivity index is 1.51. The maximum atomic E-state index is 14.1. The zero-order valence-electron chi connectivity index (χ0n) is 18.8. The van der Waals surface area contributed by atoms with E-state index < -0.39 is 0 Å². The number of carbonyl (C=O) groups is 2. The van der Waals surface area contributed by atoms with E-state index in [9.17, 15) is 9.59 Å². The number of carbonyl (C=O) groups excluding carboxylic acids is 2. The Bertz CT molecular complexity index is 1270. The number of amides is 2. The fourth-order valence-electron chi connectivity index (χ4n) is 4.31. The summed E-state index contributed by atoms with van der Waals surface area (Å²) in [6.07, 6.45) is 4.38. The summed E-state index contributed by atoms with van der Waals surface area (Å²) >= 11 is 1.47. The van der Waals surface area contributed by atoms with Crippen LogP contribution >= 0.6 is 11.3 Å². The van der Waals surface area contributed by atoms with Crippen LogP contribution in [0.25, 0.3) is 10.2 Å². The lowest BCUT2D eigenvalue weighted by molar-refractivity contribution is -0.122.